The van der Waals surface area contributed by atoms with E-state index in [0.29, 0.717) is 5.56 Å². The molecule has 0 radical (unpaired) electrons. The summed E-state index contributed by atoms with van der Waals surface area (Å²) in [7, 11) is 4.12. The fourth-order valence-corrected chi connectivity index (χ4v) is 2.14. The van der Waals surface area contributed by atoms with Gasteiger partial charge in [-0.25, -0.2) is 4.39 Å². The van der Waals surface area contributed by atoms with Crippen LogP contribution >= 0.6 is 25.2 Å². The molecule has 2 atom stereocenters. The second-order valence-electron chi connectivity index (χ2n) is 4.05. The van der Waals surface area contributed by atoms with Crippen molar-refractivity contribution in [2.24, 2.45) is 0 Å². The van der Waals surface area contributed by atoms with Gasteiger partial charge in [0.05, 0.1) is 0 Å². The Morgan fingerprint density at radius 3 is 2.39 bits per heavy atom. The minimum absolute atomic E-state index is 0.671. The molecule has 4 heteroatoms. The molecule has 0 spiro atoms. The highest BCUT2D eigenvalue weighted by molar-refractivity contribution is 9.12. The van der Waals surface area contributed by atoms with Crippen molar-refractivity contribution in [3.8, 4) is 0 Å². The molecule has 0 heterocycles. The van der Waals surface area contributed by atoms with E-state index in [1.807, 2.05) is 50.2 Å². The molecule has 0 aliphatic heterocycles. The van der Waals surface area contributed by atoms with Gasteiger partial charge in [0.25, 0.3) is 0 Å². The zero-order valence-corrected chi connectivity index (χ0v) is 13.6. The third-order valence-corrected chi connectivity index (χ3v) is 3.95. The van der Waals surface area contributed by atoms with Crippen LogP contribution in [0.3, 0.4) is 0 Å². The predicted octanol–water partition coefficient (Wildman–Crippen LogP) is 5.17. The molecule has 0 amide bonds. The van der Waals surface area contributed by atoms with Crippen LogP contribution in [0.25, 0.3) is 0 Å². The summed E-state index contributed by atoms with van der Waals surface area (Å²) in [5.41, 5.74) is 2.86. The Morgan fingerprint density at radius 1 is 1.39 bits per heavy atom. The van der Waals surface area contributed by atoms with Crippen molar-refractivity contribution >= 4 is 30.9 Å². The molecule has 18 heavy (non-hydrogen) atoms. The van der Waals surface area contributed by atoms with E-state index in [4.69, 9.17) is 0 Å². The Morgan fingerprint density at radius 2 is 1.94 bits per heavy atom. The fourth-order valence-electron chi connectivity index (χ4n) is 1.38. The summed E-state index contributed by atoms with van der Waals surface area (Å²) >= 11 is 3.53. The smallest absolute Gasteiger partial charge is 0.138 e. The first kappa shape index (κ1) is 15.4. The summed E-state index contributed by atoms with van der Waals surface area (Å²) in [5.74, 6) is -1.00. The van der Waals surface area contributed by atoms with Crippen LogP contribution in [0.2, 0.25) is 0 Å². The number of rotatable bonds is 4. The second-order valence-corrected chi connectivity index (χ2v) is 5.49. The van der Waals surface area contributed by atoms with Crippen molar-refractivity contribution in [2.45, 2.75) is 19.8 Å². The van der Waals surface area contributed by atoms with Gasteiger partial charge >= 0.3 is 0 Å². The standard InChI is InChI=1S/C14H18BrFNP/c1-4-10(2)13(15)9-17(3)12-7-5-11(6-8-12)14(16)18/h4-9,14H,18H2,1-3H3/b10-4-,13-9+. The molecule has 98 valence electrons. The van der Waals surface area contributed by atoms with Gasteiger partial charge < -0.3 is 4.90 Å². The highest BCUT2D eigenvalue weighted by atomic mass is 79.9. The second kappa shape index (κ2) is 7.06. The third-order valence-electron chi connectivity index (χ3n) is 2.74. The fraction of sp³-hybridized carbons (Fsp3) is 0.286. The topological polar surface area (TPSA) is 3.24 Å². The number of alkyl halides is 1. The molecule has 1 nitrogen and oxygen atoms in total. The Kier molecular flexibility index (Phi) is 6.04. The van der Waals surface area contributed by atoms with E-state index in [9.17, 15) is 4.39 Å². The lowest BCUT2D eigenvalue weighted by Gasteiger charge is -2.16. The normalized spacial score (nSPS) is 14.6. The van der Waals surface area contributed by atoms with E-state index in [-0.39, 0.29) is 0 Å². The van der Waals surface area contributed by atoms with Crippen LogP contribution in [0, 0.1) is 0 Å². The summed E-state index contributed by atoms with van der Waals surface area (Å²) in [6, 6.07) is 7.42. The number of allylic oxidation sites excluding steroid dienone is 3. The van der Waals surface area contributed by atoms with E-state index < -0.39 is 5.91 Å². The van der Waals surface area contributed by atoms with Gasteiger partial charge in [0.2, 0.25) is 0 Å². The minimum Gasteiger partial charge on any atom is -0.350 e. The van der Waals surface area contributed by atoms with Crippen molar-refractivity contribution < 1.29 is 4.39 Å². The molecular weight excluding hydrogens is 312 g/mol. The Bertz CT molecular complexity index is 451. The van der Waals surface area contributed by atoms with E-state index in [0.717, 1.165) is 10.2 Å². The van der Waals surface area contributed by atoms with Crippen LogP contribution < -0.4 is 4.90 Å². The average molecular weight is 330 g/mol. The highest BCUT2D eigenvalue weighted by Crippen LogP contribution is 2.26. The molecule has 1 aromatic carbocycles. The lowest BCUT2D eigenvalue weighted by atomic mass is 10.2. The molecule has 1 rings (SSSR count). The molecule has 0 saturated heterocycles. The van der Waals surface area contributed by atoms with Crippen LogP contribution in [0.5, 0.6) is 0 Å². The first-order valence-corrected chi connectivity index (χ1v) is 7.14. The van der Waals surface area contributed by atoms with Gasteiger partial charge in [-0.05, 0) is 53.0 Å². The number of hydrogen-bond acceptors (Lipinski definition) is 1. The molecule has 0 saturated carbocycles. The highest BCUT2D eigenvalue weighted by Gasteiger charge is 2.04. The predicted molar refractivity (Wildman–Crippen MR) is 84.8 cm³/mol. The number of benzene rings is 1. The maximum absolute atomic E-state index is 13.1. The summed E-state index contributed by atoms with van der Waals surface area (Å²) < 4.78 is 14.1. The number of halogens is 2. The van der Waals surface area contributed by atoms with Crippen LogP contribution in [-0.2, 0) is 0 Å². The van der Waals surface area contributed by atoms with Crippen LogP contribution in [0.15, 0.2) is 46.6 Å². The van der Waals surface area contributed by atoms with Gasteiger partial charge in [-0.1, -0.05) is 27.4 Å². The van der Waals surface area contributed by atoms with Gasteiger partial charge in [-0.3, -0.25) is 0 Å². The molecule has 0 aliphatic carbocycles. The van der Waals surface area contributed by atoms with Gasteiger partial charge in [-0.2, -0.15) is 0 Å². The quantitative estimate of drug-likeness (QED) is 0.544. The van der Waals surface area contributed by atoms with Crippen molar-refractivity contribution in [3.05, 3.63) is 52.2 Å². The molecule has 1 aromatic rings. The molecule has 0 N–H and O–H groups in total. The third kappa shape index (κ3) is 4.22. The van der Waals surface area contributed by atoms with Crippen molar-refractivity contribution in [1.29, 1.82) is 0 Å². The Hall–Kier alpha value is -0.660. The molecule has 0 aliphatic rings. The summed E-state index contributed by atoms with van der Waals surface area (Å²) in [6.07, 6.45) is 4.04. The maximum atomic E-state index is 13.1. The Balaban J connectivity index is 2.88. The monoisotopic (exact) mass is 329 g/mol. The van der Waals surface area contributed by atoms with E-state index in [1.54, 1.807) is 12.1 Å². The van der Waals surface area contributed by atoms with E-state index >= 15 is 0 Å². The number of nitrogens with zero attached hydrogens (tertiary/aromatic N) is 1. The van der Waals surface area contributed by atoms with Crippen LogP contribution in [-0.4, -0.2) is 7.05 Å². The van der Waals surface area contributed by atoms with Gasteiger partial charge in [0, 0.05) is 23.4 Å². The Labute approximate surface area is 119 Å². The van der Waals surface area contributed by atoms with Gasteiger partial charge in [0.15, 0.2) is 0 Å². The summed E-state index contributed by atoms with van der Waals surface area (Å²) in [4.78, 5) is 2.00. The SMILES string of the molecule is C/C=C(C)\C(Br)=C/N(C)c1ccc(C(F)P)cc1. The zero-order chi connectivity index (χ0) is 13.7. The van der Waals surface area contributed by atoms with E-state index in [2.05, 4.69) is 25.2 Å². The molecule has 0 aromatic heterocycles. The summed E-state index contributed by atoms with van der Waals surface area (Å²) in [6.45, 7) is 4.04. The van der Waals surface area contributed by atoms with Crippen LogP contribution in [0.1, 0.15) is 25.3 Å². The largest absolute Gasteiger partial charge is 0.350 e. The number of anilines is 1. The van der Waals surface area contributed by atoms with Crippen molar-refractivity contribution in [3.63, 3.8) is 0 Å². The van der Waals surface area contributed by atoms with Crippen LogP contribution in [0.4, 0.5) is 10.1 Å². The molecule has 2 unspecified atom stereocenters. The maximum Gasteiger partial charge on any atom is 0.138 e. The van der Waals surface area contributed by atoms with Gasteiger partial charge in [0.1, 0.15) is 5.91 Å². The lowest BCUT2D eigenvalue weighted by molar-refractivity contribution is 0.469. The minimum atomic E-state index is -1.00. The molecular formula is C14H18BrFNP. The molecule has 0 bridgehead atoms. The van der Waals surface area contributed by atoms with Crippen molar-refractivity contribution in [1.82, 2.24) is 0 Å². The van der Waals surface area contributed by atoms with Gasteiger partial charge in [-0.15, -0.1) is 0 Å². The van der Waals surface area contributed by atoms with E-state index in [1.165, 1.54) is 5.57 Å². The molecule has 0 fully saturated rings. The first-order valence-electron chi connectivity index (χ1n) is 5.68. The summed E-state index contributed by atoms with van der Waals surface area (Å²) in [5, 5.41) is 0. The first-order chi connectivity index (χ1) is 8.45. The lowest BCUT2D eigenvalue weighted by Crippen LogP contribution is -2.08. The zero-order valence-electron chi connectivity index (χ0n) is 10.8. The van der Waals surface area contributed by atoms with Crippen molar-refractivity contribution in [2.75, 3.05) is 11.9 Å². The number of hydrogen-bond donors (Lipinski definition) is 0. The average Bonchev–Trinajstić information content (AvgIpc) is 2.37.